The van der Waals surface area contributed by atoms with Gasteiger partial charge < -0.3 is 4.74 Å². The van der Waals surface area contributed by atoms with E-state index in [0.29, 0.717) is 6.42 Å². The fourth-order valence-electron chi connectivity index (χ4n) is 1.12. The molecule has 1 atom stereocenters. The molecule has 1 nitrogen and oxygen atoms in total. The highest BCUT2D eigenvalue weighted by atomic mass is 35.5. The lowest BCUT2D eigenvalue weighted by molar-refractivity contribution is 0.0166. The zero-order valence-electron chi connectivity index (χ0n) is 8.38. The topological polar surface area (TPSA) is 9.23 Å². The van der Waals surface area contributed by atoms with Crippen molar-refractivity contribution in [3.8, 4) is 0 Å². The smallest absolute Gasteiger partial charge is 0.261 e. The van der Waals surface area contributed by atoms with Crippen molar-refractivity contribution in [1.82, 2.24) is 0 Å². The van der Waals surface area contributed by atoms with Gasteiger partial charge in [-0.25, -0.2) is 8.78 Å². The molecule has 0 amide bonds. The number of thiophene rings is 1. The standard InChI is InChI=1S/C10H13ClF2OS/c1-7-2-3-9(15-7)8(11)4-5-14-6-10(12)13/h2-3,8,10H,4-6H2,1H3. The average molecular weight is 255 g/mol. The lowest BCUT2D eigenvalue weighted by Gasteiger charge is -2.07. The zero-order chi connectivity index (χ0) is 11.3. The van der Waals surface area contributed by atoms with Crippen molar-refractivity contribution >= 4 is 22.9 Å². The molecule has 5 heteroatoms. The molecule has 0 spiro atoms. The van der Waals surface area contributed by atoms with Crippen LogP contribution in [-0.2, 0) is 4.74 Å². The molecule has 0 aromatic carbocycles. The van der Waals surface area contributed by atoms with Crippen LogP contribution in [0.2, 0.25) is 0 Å². The monoisotopic (exact) mass is 254 g/mol. The third kappa shape index (κ3) is 4.91. The van der Waals surface area contributed by atoms with Gasteiger partial charge in [0.05, 0.1) is 5.38 Å². The molecule has 0 aliphatic carbocycles. The van der Waals surface area contributed by atoms with Crippen molar-refractivity contribution in [2.75, 3.05) is 13.2 Å². The third-order valence-corrected chi connectivity index (χ3v) is 3.53. The molecule has 0 saturated heterocycles. The summed E-state index contributed by atoms with van der Waals surface area (Å²) in [5.41, 5.74) is 0. The van der Waals surface area contributed by atoms with E-state index in [-0.39, 0.29) is 12.0 Å². The Morgan fingerprint density at radius 3 is 2.73 bits per heavy atom. The molecule has 0 fully saturated rings. The Balaban J connectivity index is 2.21. The Labute approximate surface area is 97.0 Å². The minimum Gasteiger partial charge on any atom is -0.375 e. The van der Waals surface area contributed by atoms with Gasteiger partial charge in [0.1, 0.15) is 6.61 Å². The Kier molecular flexibility index (Phi) is 5.50. The van der Waals surface area contributed by atoms with E-state index in [9.17, 15) is 8.78 Å². The Morgan fingerprint density at radius 2 is 2.20 bits per heavy atom. The van der Waals surface area contributed by atoms with Crippen LogP contribution >= 0.6 is 22.9 Å². The number of halogens is 3. The Bertz CT molecular complexity index is 291. The van der Waals surface area contributed by atoms with Crippen LogP contribution < -0.4 is 0 Å². The maximum absolute atomic E-state index is 11.7. The minimum atomic E-state index is -2.40. The fraction of sp³-hybridized carbons (Fsp3) is 0.600. The van der Waals surface area contributed by atoms with Crippen LogP contribution in [0.25, 0.3) is 0 Å². The molecule has 86 valence electrons. The third-order valence-electron chi connectivity index (χ3n) is 1.83. The van der Waals surface area contributed by atoms with Crippen LogP contribution in [0, 0.1) is 6.92 Å². The van der Waals surface area contributed by atoms with Gasteiger partial charge in [0.2, 0.25) is 0 Å². The van der Waals surface area contributed by atoms with Crippen LogP contribution in [-0.4, -0.2) is 19.6 Å². The first-order chi connectivity index (χ1) is 7.09. The Morgan fingerprint density at radius 1 is 1.47 bits per heavy atom. The number of alkyl halides is 3. The number of hydrogen-bond acceptors (Lipinski definition) is 2. The van der Waals surface area contributed by atoms with Gasteiger partial charge in [-0.2, -0.15) is 0 Å². The molecule has 1 unspecified atom stereocenters. The van der Waals surface area contributed by atoms with Crippen LogP contribution in [0.15, 0.2) is 12.1 Å². The van der Waals surface area contributed by atoms with E-state index in [2.05, 4.69) is 0 Å². The molecule has 0 radical (unpaired) electrons. The second-order valence-corrected chi connectivity index (χ2v) is 5.02. The second kappa shape index (κ2) is 6.40. The van der Waals surface area contributed by atoms with Crippen molar-refractivity contribution in [3.63, 3.8) is 0 Å². The van der Waals surface area contributed by atoms with E-state index in [1.807, 2.05) is 19.1 Å². The molecule has 0 aliphatic heterocycles. The predicted octanol–water partition coefficient (Wildman–Crippen LogP) is 4.01. The predicted molar refractivity (Wildman–Crippen MR) is 59.1 cm³/mol. The summed E-state index contributed by atoms with van der Waals surface area (Å²) in [6, 6.07) is 3.96. The highest BCUT2D eigenvalue weighted by Crippen LogP contribution is 2.30. The molecule has 1 aromatic rings. The van der Waals surface area contributed by atoms with E-state index < -0.39 is 13.0 Å². The number of aryl methyl sites for hydroxylation is 1. The Hall–Kier alpha value is -0.190. The molecule has 0 saturated carbocycles. The summed E-state index contributed by atoms with van der Waals surface area (Å²) in [4.78, 5) is 2.26. The highest BCUT2D eigenvalue weighted by molar-refractivity contribution is 7.12. The molecular formula is C10H13ClF2OS. The molecule has 15 heavy (non-hydrogen) atoms. The molecule has 0 aliphatic rings. The van der Waals surface area contributed by atoms with Crippen LogP contribution in [0.3, 0.4) is 0 Å². The largest absolute Gasteiger partial charge is 0.375 e. The summed E-state index contributed by atoms with van der Waals surface area (Å²) in [5, 5.41) is -0.138. The summed E-state index contributed by atoms with van der Waals surface area (Å²) < 4.78 is 28.2. The van der Waals surface area contributed by atoms with E-state index in [1.54, 1.807) is 11.3 Å². The van der Waals surface area contributed by atoms with E-state index in [0.717, 1.165) is 4.88 Å². The minimum absolute atomic E-state index is 0.138. The number of rotatable bonds is 6. The molecule has 0 bridgehead atoms. The van der Waals surface area contributed by atoms with Crippen molar-refractivity contribution in [2.24, 2.45) is 0 Å². The van der Waals surface area contributed by atoms with E-state index >= 15 is 0 Å². The van der Waals surface area contributed by atoms with Gasteiger partial charge in [0.25, 0.3) is 6.43 Å². The number of hydrogen-bond donors (Lipinski definition) is 0. The zero-order valence-corrected chi connectivity index (χ0v) is 9.95. The fourth-order valence-corrected chi connectivity index (χ4v) is 2.31. The van der Waals surface area contributed by atoms with Gasteiger partial charge in [0.15, 0.2) is 0 Å². The van der Waals surface area contributed by atoms with Gasteiger partial charge in [0, 0.05) is 16.4 Å². The van der Waals surface area contributed by atoms with Gasteiger partial charge >= 0.3 is 0 Å². The summed E-state index contributed by atoms with van der Waals surface area (Å²) in [7, 11) is 0. The lowest BCUT2D eigenvalue weighted by Crippen LogP contribution is -2.06. The molecule has 1 rings (SSSR count). The van der Waals surface area contributed by atoms with E-state index in [4.69, 9.17) is 16.3 Å². The first kappa shape index (κ1) is 12.9. The summed E-state index contributed by atoms with van der Waals surface area (Å²) in [5.74, 6) is 0. The molecule has 1 aromatic heterocycles. The normalized spacial score (nSPS) is 13.4. The number of ether oxygens (including phenoxy) is 1. The molecular weight excluding hydrogens is 242 g/mol. The van der Waals surface area contributed by atoms with Crippen LogP contribution in [0.5, 0.6) is 0 Å². The van der Waals surface area contributed by atoms with Crippen molar-refractivity contribution in [3.05, 3.63) is 21.9 Å². The average Bonchev–Trinajstić information content (AvgIpc) is 2.59. The lowest BCUT2D eigenvalue weighted by atomic mass is 10.2. The summed E-state index contributed by atoms with van der Waals surface area (Å²) in [6.45, 7) is 1.77. The highest BCUT2D eigenvalue weighted by Gasteiger charge is 2.10. The molecule has 1 heterocycles. The van der Waals surface area contributed by atoms with Crippen LogP contribution in [0.1, 0.15) is 21.6 Å². The second-order valence-electron chi connectivity index (χ2n) is 3.17. The van der Waals surface area contributed by atoms with Crippen LogP contribution in [0.4, 0.5) is 8.78 Å². The van der Waals surface area contributed by atoms with Gasteiger partial charge in [-0.3, -0.25) is 0 Å². The van der Waals surface area contributed by atoms with Crippen molar-refractivity contribution in [1.29, 1.82) is 0 Å². The van der Waals surface area contributed by atoms with Gasteiger partial charge in [-0.1, -0.05) is 0 Å². The van der Waals surface area contributed by atoms with Gasteiger partial charge in [-0.05, 0) is 25.5 Å². The van der Waals surface area contributed by atoms with E-state index in [1.165, 1.54) is 4.88 Å². The van der Waals surface area contributed by atoms with Gasteiger partial charge in [-0.15, -0.1) is 22.9 Å². The first-order valence-electron chi connectivity index (χ1n) is 4.66. The summed E-state index contributed by atoms with van der Waals surface area (Å²) >= 11 is 7.70. The first-order valence-corrected chi connectivity index (χ1v) is 5.91. The van der Waals surface area contributed by atoms with Crippen molar-refractivity contribution in [2.45, 2.75) is 25.1 Å². The van der Waals surface area contributed by atoms with Crippen molar-refractivity contribution < 1.29 is 13.5 Å². The quantitative estimate of drug-likeness (QED) is 0.551. The summed E-state index contributed by atoms with van der Waals surface area (Å²) in [6.07, 6.45) is -1.84. The SMILES string of the molecule is Cc1ccc(C(Cl)CCOCC(F)F)s1. The maximum Gasteiger partial charge on any atom is 0.261 e. The maximum atomic E-state index is 11.7. The molecule has 0 N–H and O–H groups in total.